The van der Waals surface area contributed by atoms with Crippen LogP contribution in [-0.4, -0.2) is 22.6 Å². The summed E-state index contributed by atoms with van der Waals surface area (Å²) in [5.41, 5.74) is 1.40. The molecule has 3 saturated carbocycles. The number of benzene rings is 1. The van der Waals surface area contributed by atoms with E-state index in [0.29, 0.717) is 41.6 Å². The number of hydrogen-bond donors (Lipinski definition) is 0. The molecule has 0 N–H and O–H groups in total. The van der Waals surface area contributed by atoms with Crippen molar-refractivity contribution in [1.82, 2.24) is 0 Å². The van der Waals surface area contributed by atoms with Crippen LogP contribution in [0.25, 0.3) is 0 Å². The number of thioether (sulfide) groups is 1. The average Bonchev–Trinajstić information content (AvgIpc) is 3.30. The quantitative estimate of drug-likeness (QED) is 0.491. The van der Waals surface area contributed by atoms with Crippen LogP contribution in [0.5, 0.6) is 0 Å². The summed E-state index contributed by atoms with van der Waals surface area (Å²) in [6, 6.07) is 10.8. The molecule has 6 rings (SSSR count). The van der Waals surface area contributed by atoms with Gasteiger partial charge in [0.1, 0.15) is 5.60 Å². The van der Waals surface area contributed by atoms with Gasteiger partial charge in [-0.15, -0.1) is 11.8 Å². The van der Waals surface area contributed by atoms with Gasteiger partial charge in [-0.05, 0) is 86.3 Å². The van der Waals surface area contributed by atoms with Crippen molar-refractivity contribution < 1.29 is 14.3 Å². The third kappa shape index (κ3) is 2.87. The van der Waals surface area contributed by atoms with E-state index in [1.165, 1.54) is 23.3 Å². The van der Waals surface area contributed by atoms with Gasteiger partial charge in [0.05, 0.1) is 0 Å². The summed E-state index contributed by atoms with van der Waals surface area (Å²) in [7, 11) is 0. The molecule has 170 valence electrons. The Morgan fingerprint density at radius 1 is 0.938 bits per heavy atom. The molecule has 1 aromatic carbocycles. The smallest absolute Gasteiger partial charge is 0.306 e. The fourth-order valence-electron chi connectivity index (χ4n) is 8.59. The predicted octanol–water partition coefficient (Wildman–Crippen LogP) is 6.36. The minimum absolute atomic E-state index is 0.0100. The maximum Gasteiger partial charge on any atom is 0.306 e. The molecule has 4 fully saturated rings. The highest BCUT2D eigenvalue weighted by molar-refractivity contribution is 8.00. The van der Waals surface area contributed by atoms with E-state index < -0.39 is 0 Å². The summed E-state index contributed by atoms with van der Waals surface area (Å²) in [6.07, 6.45) is 10.8. The van der Waals surface area contributed by atoms with Crippen molar-refractivity contribution in [3.05, 3.63) is 42.0 Å². The van der Waals surface area contributed by atoms with Crippen LogP contribution < -0.4 is 0 Å². The Morgan fingerprint density at radius 2 is 1.72 bits per heavy atom. The number of ether oxygens (including phenoxy) is 1. The molecule has 7 unspecified atom stereocenters. The van der Waals surface area contributed by atoms with Crippen LogP contribution >= 0.6 is 11.8 Å². The Kier molecular flexibility index (Phi) is 4.74. The van der Waals surface area contributed by atoms with E-state index in [1.54, 1.807) is 0 Å². The lowest BCUT2D eigenvalue weighted by atomic mass is 9.46. The van der Waals surface area contributed by atoms with Gasteiger partial charge in [0.2, 0.25) is 0 Å². The van der Waals surface area contributed by atoms with Gasteiger partial charge in [0, 0.05) is 28.4 Å². The largest absolute Gasteiger partial charge is 0.458 e. The molecule has 4 heteroatoms. The van der Waals surface area contributed by atoms with Crippen molar-refractivity contribution in [2.24, 2.45) is 28.6 Å². The third-order valence-corrected chi connectivity index (χ3v) is 11.7. The van der Waals surface area contributed by atoms with Gasteiger partial charge in [0.25, 0.3) is 0 Å². The van der Waals surface area contributed by atoms with E-state index in [2.05, 4.69) is 44.2 Å². The summed E-state index contributed by atoms with van der Waals surface area (Å²) < 4.78 is 6.16. The van der Waals surface area contributed by atoms with Crippen molar-refractivity contribution in [2.45, 2.75) is 87.4 Å². The normalized spacial score (nSPS) is 45.1. The first-order valence-corrected chi connectivity index (χ1v) is 13.4. The summed E-state index contributed by atoms with van der Waals surface area (Å²) in [5.74, 6) is 2.13. The molecule has 0 radical (unpaired) electrons. The topological polar surface area (TPSA) is 43.4 Å². The Morgan fingerprint density at radius 3 is 2.47 bits per heavy atom. The average molecular weight is 451 g/mol. The molecule has 1 spiro atoms. The number of carbonyl (C=O) groups is 2. The van der Waals surface area contributed by atoms with Crippen molar-refractivity contribution in [1.29, 1.82) is 0 Å². The SMILES string of the molecule is CC12CCC(=O)C=C1CC(Sc1ccccc1)C1C2CCC2(C)C1CCC21CCC(=O)O1. The molecule has 1 heterocycles. The highest BCUT2D eigenvalue weighted by Gasteiger charge is 2.68. The number of rotatable bonds is 2. The van der Waals surface area contributed by atoms with Crippen molar-refractivity contribution in [3.63, 3.8) is 0 Å². The summed E-state index contributed by atoms with van der Waals surface area (Å²) >= 11 is 2.03. The molecule has 3 nitrogen and oxygen atoms in total. The summed E-state index contributed by atoms with van der Waals surface area (Å²) in [6.45, 7) is 4.90. The van der Waals surface area contributed by atoms with Crippen LogP contribution in [0.4, 0.5) is 0 Å². The van der Waals surface area contributed by atoms with E-state index >= 15 is 0 Å². The number of carbonyl (C=O) groups excluding carboxylic acids is 2. The van der Waals surface area contributed by atoms with Crippen molar-refractivity contribution >= 4 is 23.5 Å². The summed E-state index contributed by atoms with van der Waals surface area (Å²) in [4.78, 5) is 25.9. The van der Waals surface area contributed by atoms with E-state index in [1.807, 2.05) is 17.8 Å². The lowest BCUT2D eigenvalue weighted by Gasteiger charge is -2.61. The first kappa shape index (κ1) is 21.0. The zero-order valence-corrected chi connectivity index (χ0v) is 20.1. The van der Waals surface area contributed by atoms with Gasteiger partial charge < -0.3 is 4.74 Å². The van der Waals surface area contributed by atoms with E-state index in [9.17, 15) is 9.59 Å². The predicted molar refractivity (Wildman–Crippen MR) is 126 cm³/mol. The van der Waals surface area contributed by atoms with E-state index in [-0.39, 0.29) is 22.4 Å². The fourth-order valence-corrected chi connectivity index (χ4v) is 10.1. The number of esters is 1. The second-order valence-corrected chi connectivity index (χ2v) is 12.8. The molecule has 0 bridgehead atoms. The molecule has 32 heavy (non-hydrogen) atoms. The van der Waals surface area contributed by atoms with Crippen LogP contribution in [0.2, 0.25) is 0 Å². The fraction of sp³-hybridized carbons (Fsp3) is 0.643. The zero-order chi connectivity index (χ0) is 22.1. The molecule has 1 saturated heterocycles. The Bertz CT molecular complexity index is 986. The Balaban J connectivity index is 1.41. The molecule has 1 aromatic rings. The highest BCUT2D eigenvalue weighted by Crippen LogP contribution is 2.71. The Hall–Kier alpha value is -1.55. The number of ketones is 1. The van der Waals surface area contributed by atoms with Crippen LogP contribution in [0.1, 0.15) is 71.6 Å². The van der Waals surface area contributed by atoms with Crippen LogP contribution in [0.3, 0.4) is 0 Å². The monoisotopic (exact) mass is 450 g/mol. The Labute approximate surface area is 195 Å². The molecular weight excluding hydrogens is 416 g/mol. The number of allylic oxidation sites excluding steroid dienone is 1. The van der Waals surface area contributed by atoms with Crippen LogP contribution in [0.15, 0.2) is 46.9 Å². The molecule has 0 amide bonds. The maximum absolute atomic E-state index is 12.4. The zero-order valence-electron chi connectivity index (χ0n) is 19.3. The van der Waals surface area contributed by atoms with E-state index in [0.717, 1.165) is 32.1 Å². The first-order chi connectivity index (χ1) is 15.3. The van der Waals surface area contributed by atoms with Gasteiger partial charge in [-0.25, -0.2) is 0 Å². The molecule has 1 aliphatic heterocycles. The lowest BCUT2D eigenvalue weighted by Crippen LogP contribution is -2.57. The van der Waals surface area contributed by atoms with Gasteiger partial charge >= 0.3 is 5.97 Å². The van der Waals surface area contributed by atoms with Gasteiger partial charge in [-0.1, -0.05) is 37.6 Å². The minimum atomic E-state index is -0.235. The van der Waals surface area contributed by atoms with Gasteiger partial charge in [-0.3, -0.25) is 9.59 Å². The summed E-state index contributed by atoms with van der Waals surface area (Å²) in [5, 5.41) is 0.476. The number of hydrogen-bond acceptors (Lipinski definition) is 4. The third-order valence-electron chi connectivity index (χ3n) is 10.3. The molecule has 7 atom stereocenters. The maximum atomic E-state index is 12.4. The molecule has 0 aromatic heterocycles. The second-order valence-electron chi connectivity index (χ2n) is 11.5. The molecule has 5 aliphatic rings. The van der Waals surface area contributed by atoms with Gasteiger partial charge in [-0.2, -0.15) is 0 Å². The van der Waals surface area contributed by atoms with E-state index in [4.69, 9.17) is 4.74 Å². The van der Waals surface area contributed by atoms with Crippen LogP contribution in [0, 0.1) is 28.6 Å². The van der Waals surface area contributed by atoms with Crippen LogP contribution in [-0.2, 0) is 14.3 Å². The standard InChI is InChI=1S/C28H34O3S/c1-26-12-8-19(29)16-18(26)17-23(32-20-6-4-3-5-7-20)25-21(26)9-13-27(2)22(25)10-14-28(27)15-11-24(30)31-28/h3-7,16,21-23,25H,8-15,17H2,1-2H3. The van der Waals surface area contributed by atoms with Crippen molar-refractivity contribution in [3.8, 4) is 0 Å². The lowest BCUT2D eigenvalue weighted by molar-refractivity contribution is -0.167. The van der Waals surface area contributed by atoms with Crippen molar-refractivity contribution in [2.75, 3.05) is 0 Å². The molecular formula is C28H34O3S. The van der Waals surface area contributed by atoms with Gasteiger partial charge in [0.15, 0.2) is 5.78 Å². The first-order valence-electron chi connectivity index (χ1n) is 12.5. The second kappa shape index (κ2) is 7.22. The highest BCUT2D eigenvalue weighted by atomic mass is 32.2. The minimum Gasteiger partial charge on any atom is -0.458 e. The molecule has 4 aliphatic carbocycles. The number of fused-ring (bicyclic) bond motifs is 6.